The molecule has 0 spiro atoms. The fourth-order valence-electron chi connectivity index (χ4n) is 3.25. The molecule has 2 unspecified atom stereocenters. The van der Waals surface area contributed by atoms with E-state index in [0.29, 0.717) is 17.2 Å². The Labute approximate surface area is 149 Å². The summed E-state index contributed by atoms with van der Waals surface area (Å²) in [5.41, 5.74) is 1.88. The second kappa shape index (κ2) is 7.26. The first-order chi connectivity index (χ1) is 11.7. The van der Waals surface area contributed by atoms with Gasteiger partial charge in [0.05, 0.1) is 20.1 Å². The number of hydrogen-bond acceptors (Lipinski definition) is 4. The number of hydrogen-bond donors (Lipinski definition) is 0. The zero-order chi connectivity index (χ0) is 17.1. The van der Waals surface area contributed by atoms with Gasteiger partial charge >= 0.3 is 5.97 Å². The molecule has 4 nitrogen and oxygen atoms in total. The molecule has 0 fully saturated rings. The summed E-state index contributed by atoms with van der Waals surface area (Å²) < 4.78 is 16.3. The number of methoxy groups -OCH3 is 2. The van der Waals surface area contributed by atoms with Gasteiger partial charge in [-0.05, 0) is 24.1 Å². The quantitative estimate of drug-likeness (QED) is 0.434. The van der Waals surface area contributed by atoms with Gasteiger partial charge in [-0.3, -0.25) is 4.79 Å². The summed E-state index contributed by atoms with van der Waals surface area (Å²) >= 11 is 3.51. The van der Waals surface area contributed by atoms with Crippen LogP contribution in [0.5, 0.6) is 17.2 Å². The average molecular weight is 391 g/mol. The molecule has 1 aliphatic rings. The molecular formula is C19H19BrO4. The second-order valence-corrected chi connectivity index (χ2v) is 6.42. The second-order valence-electron chi connectivity index (χ2n) is 5.63. The van der Waals surface area contributed by atoms with Crippen molar-refractivity contribution in [3.8, 4) is 17.2 Å². The average Bonchev–Trinajstić information content (AvgIpc) is 2.61. The summed E-state index contributed by atoms with van der Waals surface area (Å²) in [5.74, 6) is 1.36. The van der Waals surface area contributed by atoms with Crippen molar-refractivity contribution in [1.29, 1.82) is 0 Å². The molecule has 126 valence electrons. The Morgan fingerprint density at radius 2 is 1.88 bits per heavy atom. The first kappa shape index (κ1) is 16.8. The molecule has 0 radical (unpaired) electrons. The third kappa shape index (κ3) is 3.00. The van der Waals surface area contributed by atoms with Crippen LogP contribution < -0.4 is 14.2 Å². The number of alkyl halides is 1. The van der Waals surface area contributed by atoms with Crippen LogP contribution in [0.4, 0.5) is 0 Å². The van der Waals surface area contributed by atoms with Crippen molar-refractivity contribution in [2.75, 3.05) is 19.5 Å². The van der Waals surface area contributed by atoms with Crippen LogP contribution in [0.25, 0.3) is 0 Å². The number of fused-ring (bicyclic) bond motifs is 1. The Morgan fingerprint density at radius 1 is 1.08 bits per heavy atom. The SMILES string of the molecule is COc1ccc(C2C(=O)Oc3ccccc3C2CCBr)c(OC)c1. The third-order valence-electron chi connectivity index (χ3n) is 4.38. The monoisotopic (exact) mass is 390 g/mol. The van der Waals surface area contributed by atoms with Crippen LogP contribution in [0, 0.1) is 0 Å². The van der Waals surface area contributed by atoms with Crippen molar-refractivity contribution in [3.63, 3.8) is 0 Å². The molecular weight excluding hydrogens is 372 g/mol. The molecule has 1 heterocycles. The van der Waals surface area contributed by atoms with Gasteiger partial charge in [-0.25, -0.2) is 0 Å². The Balaban J connectivity index is 2.10. The Hall–Kier alpha value is -2.01. The van der Waals surface area contributed by atoms with Gasteiger partial charge < -0.3 is 14.2 Å². The zero-order valence-corrected chi connectivity index (χ0v) is 15.2. The van der Waals surface area contributed by atoms with E-state index < -0.39 is 5.92 Å². The van der Waals surface area contributed by atoms with Crippen LogP contribution in [0.3, 0.4) is 0 Å². The number of carbonyl (C=O) groups excluding carboxylic acids is 1. The number of ether oxygens (including phenoxy) is 3. The number of esters is 1. The van der Waals surface area contributed by atoms with E-state index >= 15 is 0 Å². The molecule has 0 amide bonds. The van der Waals surface area contributed by atoms with E-state index in [1.807, 2.05) is 36.4 Å². The summed E-state index contributed by atoms with van der Waals surface area (Å²) in [6.45, 7) is 0. The van der Waals surface area contributed by atoms with Crippen LogP contribution in [-0.2, 0) is 4.79 Å². The van der Waals surface area contributed by atoms with E-state index in [1.54, 1.807) is 20.3 Å². The van der Waals surface area contributed by atoms with Crippen molar-refractivity contribution < 1.29 is 19.0 Å². The predicted molar refractivity (Wildman–Crippen MR) is 95.5 cm³/mol. The number of benzene rings is 2. The fourth-order valence-corrected chi connectivity index (χ4v) is 3.75. The maximum atomic E-state index is 12.7. The van der Waals surface area contributed by atoms with E-state index in [-0.39, 0.29) is 11.9 Å². The van der Waals surface area contributed by atoms with Crippen molar-refractivity contribution in [3.05, 3.63) is 53.6 Å². The summed E-state index contributed by atoms with van der Waals surface area (Å²) in [5, 5.41) is 0.800. The molecule has 0 bridgehead atoms. The maximum Gasteiger partial charge on any atom is 0.319 e. The van der Waals surface area contributed by atoms with Gasteiger partial charge in [0.1, 0.15) is 17.2 Å². The van der Waals surface area contributed by atoms with E-state index in [0.717, 1.165) is 22.9 Å². The number of carbonyl (C=O) groups is 1. The fraction of sp³-hybridized carbons (Fsp3) is 0.316. The largest absolute Gasteiger partial charge is 0.497 e. The van der Waals surface area contributed by atoms with Crippen molar-refractivity contribution >= 4 is 21.9 Å². The number of para-hydroxylation sites is 1. The molecule has 1 aliphatic heterocycles. The molecule has 0 aromatic heterocycles. The molecule has 5 heteroatoms. The lowest BCUT2D eigenvalue weighted by atomic mass is 9.77. The van der Waals surface area contributed by atoms with E-state index in [2.05, 4.69) is 15.9 Å². The third-order valence-corrected chi connectivity index (χ3v) is 4.84. The van der Waals surface area contributed by atoms with Gasteiger partial charge in [0.25, 0.3) is 0 Å². The highest BCUT2D eigenvalue weighted by atomic mass is 79.9. The smallest absolute Gasteiger partial charge is 0.319 e. The summed E-state index contributed by atoms with van der Waals surface area (Å²) in [6, 6.07) is 13.3. The van der Waals surface area contributed by atoms with Crippen LogP contribution in [0.1, 0.15) is 29.4 Å². The van der Waals surface area contributed by atoms with Crippen molar-refractivity contribution in [1.82, 2.24) is 0 Å². The van der Waals surface area contributed by atoms with Crippen molar-refractivity contribution in [2.24, 2.45) is 0 Å². The molecule has 24 heavy (non-hydrogen) atoms. The minimum absolute atomic E-state index is 0.0316. The minimum atomic E-state index is -0.404. The lowest BCUT2D eigenvalue weighted by Crippen LogP contribution is -2.30. The first-order valence-corrected chi connectivity index (χ1v) is 8.90. The van der Waals surface area contributed by atoms with Crippen LogP contribution >= 0.6 is 15.9 Å². The highest BCUT2D eigenvalue weighted by molar-refractivity contribution is 9.09. The maximum absolute atomic E-state index is 12.7. The molecule has 0 saturated carbocycles. The van der Waals surface area contributed by atoms with Crippen LogP contribution in [-0.4, -0.2) is 25.5 Å². The topological polar surface area (TPSA) is 44.8 Å². The van der Waals surface area contributed by atoms with E-state index in [4.69, 9.17) is 14.2 Å². The van der Waals surface area contributed by atoms with Crippen LogP contribution in [0.15, 0.2) is 42.5 Å². The molecule has 2 aromatic rings. The first-order valence-electron chi connectivity index (χ1n) is 7.78. The molecule has 0 saturated heterocycles. The zero-order valence-electron chi connectivity index (χ0n) is 13.6. The lowest BCUT2D eigenvalue weighted by molar-refractivity contribution is -0.138. The Bertz CT molecular complexity index is 744. The summed E-state index contributed by atoms with van der Waals surface area (Å²) in [6.07, 6.45) is 0.825. The Morgan fingerprint density at radius 3 is 2.58 bits per heavy atom. The van der Waals surface area contributed by atoms with Gasteiger partial charge in [-0.2, -0.15) is 0 Å². The number of halogens is 1. The van der Waals surface area contributed by atoms with Gasteiger partial charge in [0, 0.05) is 22.9 Å². The highest BCUT2D eigenvalue weighted by Gasteiger charge is 2.39. The minimum Gasteiger partial charge on any atom is -0.497 e. The molecule has 3 rings (SSSR count). The number of rotatable bonds is 5. The molecule has 0 aliphatic carbocycles. The normalized spacial score (nSPS) is 19.4. The van der Waals surface area contributed by atoms with Crippen LogP contribution in [0.2, 0.25) is 0 Å². The lowest BCUT2D eigenvalue weighted by Gasteiger charge is -2.32. The predicted octanol–water partition coefficient (Wildman–Crippen LogP) is 4.28. The van der Waals surface area contributed by atoms with Gasteiger partial charge in [-0.1, -0.05) is 40.2 Å². The van der Waals surface area contributed by atoms with Gasteiger partial charge in [0.2, 0.25) is 0 Å². The standard InChI is InChI=1S/C19H19BrO4/c1-22-12-7-8-15(17(11-12)23-2)18-14(9-10-20)13-5-3-4-6-16(13)24-19(18)21/h3-8,11,14,18H,9-10H2,1-2H3. The van der Waals surface area contributed by atoms with E-state index in [1.165, 1.54) is 0 Å². The van der Waals surface area contributed by atoms with Gasteiger partial charge in [-0.15, -0.1) is 0 Å². The van der Waals surface area contributed by atoms with Gasteiger partial charge in [0.15, 0.2) is 0 Å². The molecule has 0 N–H and O–H groups in total. The van der Waals surface area contributed by atoms with E-state index in [9.17, 15) is 4.79 Å². The molecule has 2 atom stereocenters. The van der Waals surface area contributed by atoms with Crippen molar-refractivity contribution in [2.45, 2.75) is 18.3 Å². The summed E-state index contributed by atoms with van der Waals surface area (Å²) in [4.78, 5) is 12.7. The Kier molecular flexibility index (Phi) is 5.09. The summed E-state index contributed by atoms with van der Waals surface area (Å²) in [7, 11) is 3.20. The highest BCUT2D eigenvalue weighted by Crippen LogP contribution is 2.47. The molecule has 2 aromatic carbocycles.